The van der Waals surface area contributed by atoms with E-state index in [0.29, 0.717) is 12.0 Å². The lowest BCUT2D eigenvalue weighted by molar-refractivity contribution is 0.0696. The molecule has 4 heteroatoms. The Bertz CT molecular complexity index is 419. The van der Waals surface area contributed by atoms with Crippen molar-refractivity contribution < 1.29 is 14.3 Å². The van der Waals surface area contributed by atoms with E-state index in [9.17, 15) is 4.79 Å². The molecule has 0 radical (unpaired) electrons. The zero-order chi connectivity index (χ0) is 13.8. The van der Waals surface area contributed by atoms with Crippen LogP contribution in [0.1, 0.15) is 55.6 Å². The van der Waals surface area contributed by atoms with E-state index < -0.39 is 5.97 Å². The Labute approximate surface area is 114 Å². The average Bonchev–Trinajstić information content (AvgIpc) is 2.98. The highest BCUT2D eigenvalue weighted by Crippen LogP contribution is 2.26. The van der Waals surface area contributed by atoms with Crippen molar-refractivity contribution in [1.82, 2.24) is 4.90 Å². The van der Waals surface area contributed by atoms with Gasteiger partial charge in [-0.05, 0) is 24.8 Å². The third kappa shape index (κ3) is 3.83. The molecule has 106 valence electrons. The van der Waals surface area contributed by atoms with Gasteiger partial charge in [0, 0.05) is 12.6 Å². The van der Waals surface area contributed by atoms with Crippen molar-refractivity contribution in [1.29, 1.82) is 0 Å². The highest BCUT2D eigenvalue weighted by atomic mass is 16.4. The van der Waals surface area contributed by atoms with Gasteiger partial charge in [-0.1, -0.05) is 26.7 Å². The number of hydrogen-bond donors (Lipinski definition) is 1. The Morgan fingerprint density at radius 3 is 2.68 bits per heavy atom. The molecule has 0 aromatic carbocycles. The molecule has 0 saturated heterocycles. The van der Waals surface area contributed by atoms with E-state index in [1.807, 2.05) is 0 Å². The fraction of sp³-hybridized carbons (Fsp3) is 0.667. The van der Waals surface area contributed by atoms with E-state index in [2.05, 4.69) is 18.7 Å². The van der Waals surface area contributed by atoms with Crippen molar-refractivity contribution in [2.24, 2.45) is 5.92 Å². The molecule has 1 N–H and O–H groups in total. The van der Waals surface area contributed by atoms with E-state index in [1.165, 1.54) is 31.9 Å². The van der Waals surface area contributed by atoms with Crippen LogP contribution in [0.4, 0.5) is 0 Å². The van der Waals surface area contributed by atoms with Crippen molar-refractivity contribution in [2.75, 3.05) is 6.54 Å². The second-order valence-electron chi connectivity index (χ2n) is 5.87. The third-order valence-corrected chi connectivity index (χ3v) is 3.70. The van der Waals surface area contributed by atoms with Crippen LogP contribution in [-0.2, 0) is 6.54 Å². The molecular weight excluding hydrogens is 242 g/mol. The van der Waals surface area contributed by atoms with Gasteiger partial charge in [-0.25, -0.2) is 4.79 Å². The summed E-state index contributed by atoms with van der Waals surface area (Å²) < 4.78 is 5.38. The molecule has 0 atom stereocenters. The predicted octanol–water partition coefficient (Wildman–Crippen LogP) is 3.38. The Kier molecular flexibility index (Phi) is 4.64. The maximum atomic E-state index is 10.9. The molecule has 0 amide bonds. The maximum Gasteiger partial charge on any atom is 0.338 e. The number of furan rings is 1. The van der Waals surface area contributed by atoms with Crippen molar-refractivity contribution in [2.45, 2.75) is 52.1 Å². The van der Waals surface area contributed by atoms with Gasteiger partial charge >= 0.3 is 5.97 Å². The Morgan fingerprint density at radius 1 is 1.47 bits per heavy atom. The number of rotatable bonds is 6. The van der Waals surface area contributed by atoms with Crippen LogP contribution in [0.5, 0.6) is 0 Å². The van der Waals surface area contributed by atoms with Crippen LogP contribution < -0.4 is 0 Å². The summed E-state index contributed by atoms with van der Waals surface area (Å²) in [6.45, 7) is 6.18. The topological polar surface area (TPSA) is 53.7 Å². The molecule has 1 saturated carbocycles. The first-order chi connectivity index (χ1) is 9.06. The Morgan fingerprint density at radius 2 is 2.16 bits per heavy atom. The van der Waals surface area contributed by atoms with E-state index >= 15 is 0 Å². The van der Waals surface area contributed by atoms with Gasteiger partial charge < -0.3 is 9.52 Å². The zero-order valence-electron chi connectivity index (χ0n) is 11.8. The van der Waals surface area contributed by atoms with Crippen LogP contribution in [-0.4, -0.2) is 28.6 Å². The van der Waals surface area contributed by atoms with Gasteiger partial charge in [-0.2, -0.15) is 0 Å². The summed E-state index contributed by atoms with van der Waals surface area (Å²) in [5, 5.41) is 8.92. The van der Waals surface area contributed by atoms with Crippen LogP contribution >= 0.6 is 0 Å². The number of hydrogen-bond acceptors (Lipinski definition) is 3. The fourth-order valence-corrected chi connectivity index (χ4v) is 2.86. The minimum Gasteiger partial charge on any atom is -0.478 e. The summed E-state index contributed by atoms with van der Waals surface area (Å²) in [7, 11) is 0. The maximum absolute atomic E-state index is 10.9. The number of carboxylic acid groups (broad SMARTS) is 1. The molecule has 2 rings (SSSR count). The highest BCUT2D eigenvalue weighted by molar-refractivity contribution is 5.87. The Hall–Kier alpha value is -1.29. The quantitative estimate of drug-likeness (QED) is 0.856. The molecule has 1 aromatic heterocycles. The van der Waals surface area contributed by atoms with Gasteiger partial charge in [0.2, 0.25) is 0 Å². The smallest absolute Gasteiger partial charge is 0.338 e. The largest absolute Gasteiger partial charge is 0.478 e. The second kappa shape index (κ2) is 6.24. The van der Waals surface area contributed by atoms with E-state index in [4.69, 9.17) is 9.52 Å². The van der Waals surface area contributed by atoms with Crippen molar-refractivity contribution in [3.63, 3.8) is 0 Å². The summed E-state index contributed by atoms with van der Waals surface area (Å²) in [6, 6.07) is 2.27. The standard InChI is InChI=1S/C15H23NO3/c1-11(2)8-16(13-5-3-4-6-13)9-14-7-12(10-19-14)15(17)18/h7,10-11,13H,3-6,8-9H2,1-2H3,(H,17,18). The first-order valence-corrected chi connectivity index (χ1v) is 7.11. The highest BCUT2D eigenvalue weighted by Gasteiger charge is 2.24. The average molecular weight is 265 g/mol. The van der Waals surface area contributed by atoms with Crippen LogP contribution in [0.25, 0.3) is 0 Å². The van der Waals surface area contributed by atoms with Crippen molar-refractivity contribution in [3.8, 4) is 0 Å². The SMILES string of the molecule is CC(C)CN(Cc1cc(C(=O)O)co1)C1CCCC1. The minimum absolute atomic E-state index is 0.242. The second-order valence-corrected chi connectivity index (χ2v) is 5.87. The van der Waals surface area contributed by atoms with Crippen LogP contribution in [0.3, 0.4) is 0 Å². The van der Waals surface area contributed by atoms with E-state index in [0.717, 1.165) is 18.8 Å². The van der Waals surface area contributed by atoms with Gasteiger partial charge in [0.25, 0.3) is 0 Å². The number of carbonyl (C=O) groups is 1. The molecule has 1 aromatic rings. The first kappa shape index (κ1) is 14.1. The predicted molar refractivity (Wildman–Crippen MR) is 73.2 cm³/mol. The number of carboxylic acids is 1. The lowest BCUT2D eigenvalue weighted by Gasteiger charge is -2.29. The minimum atomic E-state index is -0.925. The van der Waals surface area contributed by atoms with Gasteiger partial charge in [0.05, 0.1) is 12.1 Å². The lowest BCUT2D eigenvalue weighted by Crippen LogP contribution is -2.35. The van der Waals surface area contributed by atoms with Crippen molar-refractivity contribution >= 4 is 5.97 Å². The molecule has 1 aliphatic rings. The Balaban J connectivity index is 2.03. The molecule has 19 heavy (non-hydrogen) atoms. The summed E-state index contributed by atoms with van der Waals surface area (Å²) in [5.74, 6) is 0.436. The fourth-order valence-electron chi connectivity index (χ4n) is 2.86. The summed E-state index contributed by atoms with van der Waals surface area (Å²) in [6.07, 6.45) is 6.44. The summed E-state index contributed by atoms with van der Waals surface area (Å²) >= 11 is 0. The summed E-state index contributed by atoms with van der Waals surface area (Å²) in [5.41, 5.74) is 0.242. The van der Waals surface area contributed by atoms with Gasteiger partial charge in [0.1, 0.15) is 12.0 Å². The number of aromatic carboxylic acids is 1. The molecule has 1 heterocycles. The molecule has 1 fully saturated rings. The third-order valence-electron chi connectivity index (χ3n) is 3.70. The van der Waals surface area contributed by atoms with Crippen LogP contribution in [0.2, 0.25) is 0 Å². The molecular formula is C15H23NO3. The summed E-state index contributed by atoms with van der Waals surface area (Å²) in [4.78, 5) is 13.3. The van der Waals surface area contributed by atoms with Gasteiger partial charge in [-0.15, -0.1) is 0 Å². The monoisotopic (exact) mass is 265 g/mol. The van der Waals surface area contributed by atoms with Gasteiger partial charge in [-0.3, -0.25) is 4.90 Å². The lowest BCUT2D eigenvalue weighted by atomic mass is 10.1. The van der Waals surface area contributed by atoms with Crippen LogP contribution in [0.15, 0.2) is 16.7 Å². The molecule has 0 aliphatic heterocycles. The van der Waals surface area contributed by atoms with E-state index in [-0.39, 0.29) is 5.56 Å². The van der Waals surface area contributed by atoms with Crippen LogP contribution in [0, 0.1) is 5.92 Å². The molecule has 1 aliphatic carbocycles. The van der Waals surface area contributed by atoms with Crippen molar-refractivity contribution in [3.05, 3.63) is 23.7 Å². The molecule has 0 spiro atoms. The number of nitrogens with zero attached hydrogens (tertiary/aromatic N) is 1. The molecule has 4 nitrogen and oxygen atoms in total. The molecule has 0 unspecified atom stereocenters. The van der Waals surface area contributed by atoms with Gasteiger partial charge in [0.15, 0.2) is 0 Å². The zero-order valence-corrected chi connectivity index (χ0v) is 11.8. The normalized spacial score (nSPS) is 16.6. The first-order valence-electron chi connectivity index (χ1n) is 7.11. The van der Waals surface area contributed by atoms with E-state index in [1.54, 1.807) is 6.07 Å². The molecule has 0 bridgehead atoms.